The van der Waals surface area contributed by atoms with E-state index in [9.17, 15) is 4.79 Å². The first-order valence-electron chi connectivity index (χ1n) is 10.4. The first-order valence-corrected chi connectivity index (χ1v) is 11.3. The van der Waals surface area contributed by atoms with Crippen molar-refractivity contribution in [3.8, 4) is 5.75 Å². The molecule has 6 heteroatoms. The summed E-state index contributed by atoms with van der Waals surface area (Å²) in [7, 11) is 0. The zero-order valence-corrected chi connectivity index (χ0v) is 17.3. The largest absolute Gasteiger partial charge is 0.493 e. The fraction of sp³-hybridized carbons (Fsp3) is 0.391. The van der Waals surface area contributed by atoms with Crippen LogP contribution < -0.4 is 9.64 Å². The summed E-state index contributed by atoms with van der Waals surface area (Å²) in [6.45, 7) is 5.56. The Hall–Kier alpha value is -2.44. The van der Waals surface area contributed by atoms with Crippen LogP contribution in [-0.4, -0.2) is 48.6 Å². The van der Waals surface area contributed by atoms with E-state index in [0.717, 1.165) is 68.4 Å². The summed E-state index contributed by atoms with van der Waals surface area (Å²) < 4.78 is 6.80. The van der Waals surface area contributed by atoms with Crippen molar-refractivity contribution in [2.75, 3.05) is 32.8 Å². The number of aryl methyl sites for hydroxylation is 1. The number of piperazine rings is 1. The smallest absolute Gasteiger partial charge is 0.223 e. The van der Waals surface area contributed by atoms with Gasteiger partial charge >= 0.3 is 0 Å². The van der Waals surface area contributed by atoms with Crippen LogP contribution in [0.4, 0.5) is 0 Å². The van der Waals surface area contributed by atoms with Gasteiger partial charge in [0.15, 0.2) is 0 Å². The van der Waals surface area contributed by atoms with Gasteiger partial charge in [-0.25, -0.2) is 4.98 Å². The van der Waals surface area contributed by atoms with Crippen LogP contribution >= 0.6 is 11.3 Å². The van der Waals surface area contributed by atoms with E-state index in [-0.39, 0.29) is 5.91 Å². The monoisotopic (exact) mass is 408 g/mol. The average Bonchev–Trinajstić information content (AvgIpc) is 3.38. The molecule has 1 aromatic heterocycles. The third-order valence-electron chi connectivity index (χ3n) is 5.92. The third-order valence-corrected chi connectivity index (χ3v) is 7.02. The molecule has 1 amide bonds. The first-order chi connectivity index (χ1) is 14.2. The second-order valence-corrected chi connectivity index (χ2v) is 9.04. The lowest BCUT2D eigenvalue weighted by Crippen LogP contribution is -3.13. The second kappa shape index (κ2) is 8.13. The summed E-state index contributed by atoms with van der Waals surface area (Å²) in [6.07, 6.45) is 2.32. The number of carbonyl (C=O) groups excluding carboxylic acids is 1. The van der Waals surface area contributed by atoms with Gasteiger partial charge in [0.05, 0.1) is 48.0 Å². The Kier molecular flexibility index (Phi) is 5.21. The van der Waals surface area contributed by atoms with Gasteiger partial charge in [0.1, 0.15) is 12.3 Å². The lowest BCUT2D eigenvalue weighted by Gasteiger charge is -2.32. The molecule has 2 aromatic carbocycles. The van der Waals surface area contributed by atoms with E-state index in [4.69, 9.17) is 4.74 Å². The van der Waals surface area contributed by atoms with Crippen molar-refractivity contribution in [2.45, 2.75) is 25.8 Å². The summed E-state index contributed by atoms with van der Waals surface area (Å²) in [5.41, 5.74) is 3.75. The number of para-hydroxylation sites is 1. The number of rotatable bonds is 5. The molecule has 0 unspecified atom stereocenters. The fourth-order valence-electron chi connectivity index (χ4n) is 4.29. The molecule has 5 nitrogen and oxygen atoms in total. The molecule has 1 fully saturated rings. The topological polar surface area (TPSA) is 46.9 Å². The minimum atomic E-state index is 0.262. The number of benzene rings is 2. The van der Waals surface area contributed by atoms with Gasteiger partial charge < -0.3 is 14.5 Å². The molecule has 3 aromatic rings. The summed E-state index contributed by atoms with van der Waals surface area (Å²) in [4.78, 5) is 20.9. The zero-order valence-electron chi connectivity index (χ0n) is 16.5. The third kappa shape index (κ3) is 4.14. The fourth-order valence-corrected chi connectivity index (χ4v) is 5.25. The van der Waals surface area contributed by atoms with Crippen molar-refractivity contribution in [1.29, 1.82) is 0 Å². The molecule has 1 saturated heterocycles. The maximum absolute atomic E-state index is 12.7. The van der Waals surface area contributed by atoms with Gasteiger partial charge in [-0.1, -0.05) is 12.1 Å². The molecule has 0 bridgehead atoms. The minimum Gasteiger partial charge on any atom is -0.493 e. The number of hydrogen-bond acceptors (Lipinski definition) is 4. The highest BCUT2D eigenvalue weighted by atomic mass is 32.1. The number of nitrogens with zero attached hydrogens (tertiary/aromatic N) is 2. The molecular weight excluding hydrogens is 382 g/mol. The van der Waals surface area contributed by atoms with Gasteiger partial charge in [0.2, 0.25) is 5.91 Å². The standard InChI is InChI=1S/C23H25N3O2S/c27-23(8-7-22-24-19-3-1-2-4-21(19)29-22)26-12-10-25(11-13-26)16-17-5-6-20-18(15-17)9-14-28-20/h1-6,15H,7-14,16H2/p+1. The van der Waals surface area contributed by atoms with Gasteiger partial charge in [-0.05, 0) is 35.9 Å². The Bertz CT molecular complexity index is 991. The molecule has 5 rings (SSSR count). The van der Waals surface area contributed by atoms with Crippen LogP contribution in [0.2, 0.25) is 0 Å². The van der Waals surface area contributed by atoms with Crippen LogP contribution in [0, 0.1) is 0 Å². The molecule has 2 aliphatic heterocycles. The van der Waals surface area contributed by atoms with Crippen molar-refractivity contribution in [2.24, 2.45) is 0 Å². The first kappa shape index (κ1) is 18.6. The predicted octanol–water partition coefficient (Wildman–Crippen LogP) is 2.09. The summed E-state index contributed by atoms with van der Waals surface area (Å²) >= 11 is 1.70. The maximum atomic E-state index is 12.7. The molecule has 1 N–H and O–H groups in total. The van der Waals surface area contributed by atoms with Crippen molar-refractivity contribution in [1.82, 2.24) is 9.88 Å². The highest BCUT2D eigenvalue weighted by Gasteiger charge is 2.24. The number of hydrogen-bond donors (Lipinski definition) is 1. The number of carbonyl (C=O) groups is 1. The second-order valence-electron chi connectivity index (χ2n) is 7.92. The van der Waals surface area contributed by atoms with Crippen LogP contribution in [0.25, 0.3) is 10.2 Å². The molecule has 0 saturated carbocycles. The summed E-state index contributed by atoms with van der Waals surface area (Å²) in [5.74, 6) is 1.31. The Balaban J connectivity index is 1.11. The van der Waals surface area contributed by atoms with Crippen LogP contribution in [0.5, 0.6) is 5.75 Å². The number of nitrogens with one attached hydrogen (secondary N) is 1. The molecular formula is C23H26N3O2S+. The number of fused-ring (bicyclic) bond motifs is 2. The van der Waals surface area contributed by atoms with Crippen molar-refractivity contribution in [3.05, 3.63) is 58.6 Å². The lowest BCUT2D eigenvalue weighted by atomic mass is 10.1. The van der Waals surface area contributed by atoms with Crippen LogP contribution in [0.15, 0.2) is 42.5 Å². The highest BCUT2D eigenvalue weighted by Crippen LogP contribution is 2.25. The zero-order chi connectivity index (χ0) is 19.6. The van der Waals surface area contributed by atoms with Crippen LogP contribution in [0.1, 0.15) is 22.6 Å². The Morgan fingerprint density at radius 2 is 2.03 bits per heavy atom. The molecule has 0 radical (unpaired) electrons. The molecule has 0 spiro atoms. The van der Waals surface area contributed by atoms with Crippen molar-refractivity contribution in [3.63, 3.8) is 0 Å². The van der Waals surface area contributed by atoms with E-state index >= 15 is 0 Å². The van der Waals surface area contributed by atoms with Gasteiger partial charge in [-0.2, -0.15) is 0 Å². The highest BCUT2D eigenvalue weighted by molar-refractivity contribution is 7.18. The Morgan fingerprint density at radius 1 is 1.17 bits per heavy atom. The number of quaternary nitrogens is 1. The van der Waals surface area contributed by atoms with E-state index in [1.165, 1.54) is 15.8 Å². The van der Waals surface area contributed by atoms with Crippen LogP contribution in [0.3, 0.4) is 0 Å². The quantitative estimate of drug-likeness (QED) is 0.703. The van der Waals surface area contributed by atoms with Gasteiger partial charge in [0.25, 0.3) is 0 Å². The molecule has 3 heterocycles. The van der Waals surface area contributed by atoms with E-state index in [1.54, 1.807) is 16.2 Å². The maximum Gasteiger partial charge on any atom is 0.223 e. The van der Waals surface area contributed by atoms with Gasteiger partial charge in [0, 0.05) is 24.8 Å². The lowest BCUT2D eigenvalue weighted by molar-refractivity contribution is -0.917. The predicted molar refractivity (Wildman–Crippen MR) is 115 cm³/mol. The number of amides is 1. The van der Waals surface area contributed by atoms with Crippen molar-refractivity contribution >= 4 is 27.5 Å². The van der Waals surface area contributed by atoms with E-state index in [1.807, 2.05) is 23.1 Å². The molecule has 0 atom stereocenters. The number of thiazole rings is 1. The minimum absolute atomic E-state index is 0.262. The van der Waals surface area contributed by atoms with Crippen LogP contribution in [-0.2, 0) is 24.2 Å². The number of ether oxygens (including phenoxy) is 1. The summed E-state index contributed by atoms with van der Waals surface area (Å²) in [5, 5.41) is 1.06. The number of aromatic nitrogens is 1. The Morgan fingerprint density at radius 3 is 2.90 bits per heavy atom. The van der Waals surface area contributed by atoms with Gasteiger partial charge in [-0.15, -0.1) is 11.3 Å². The Labute approximate surface area is 174 Å². The molecule has 150 valence electrons. The van der Waals surface area contributed by atoms with E-state index in [2.05, 4.69) is 29.2 Å². The average molecular weight is 409 g/mol. The van der Waals surface area contributed by atoms with E-state index < -0.39 is 0 Å². The SMILES string of the molecule is O=C(CCc1nc2ccccc2s1)N1CC[NH+](Cc2ccc3c(c2)CCO3)CC1. The molecule has 29 heavy (non-hydrogen) atoms. The van der Waals surface area contributed by atoms with Crippen molar-refractivity contribution < 1.29 is 14.4 Å². The summed E-state index contributed by atoms with van der Waals surface area (Å²) in [6, 6.07) is 14.8. The van der Waals surface area contributed by atoms with E-state index in [0.29, 0.717) is 6.42 Å². The molecule has 0 aliphatic carbocycles. The normalized spacial score (nSPS) is 16.8. The molecule has 2 aliphatic rings. The van der Waals surface area contributed by atoms with Gasteiger partial charge in [-0.3, -0.25) is 4.79 Å².